The van der Waals surface area contributed by atoms with Crippen molar-refractivity contribution in [2.45, 2.75) is 24.8 Å². The van der Waals surface area contributed by atoms with E-state index in [0.717, 1.165) is 37.3 Å². The van der Waals surface area contributed by atoms with E-state index in [1.54, 1.807) is 18.5 Å². The zero-order valence-electron chi connectivity index (χ0n) is 16.3. The SMILES string of the molecule is Cn1cnnc1C1CCN(C(C(=O)Nc2ccc(F)cc2)c2ccccc2)CC1. The molecule has 7 heteroatoms. The summed E-state index contributed by atoms with van der Waals surface area (Å²) in [5.41, 5.74) is 1.54. The average molecular weight is 393 g/mol. The molecule has 1 N–H and O–H groups in total. The Kier molecular flexibility index (Phi) is 5.67. The van der Waals surface area contributed by atoms with E-state index >= 15 is 0 Å². The summed E-state index contributed by atoms with van der Waals surface area (Å²) in [4.78, 5) is 15.4. The summed E-state index contributed by atoms with van der Waals surface area (Å²) in [6.07, 6.45) is 3.56. The van der Waals surface area contributed by atoms with Gasteiger partial charge in [-0.15, -0.1) is 10.2 Å². The topological polar surface area (TPSA) is 63.1 Å². The second kappa shape index (κ2) is 8.53. The zero-order chi connectivity index (χ0) is 20.2. The van der Waals surface area contributed by atoms with Crippen molar-refractivity contribution in [3.05, 3.63) is 78.1 Å². The van der Waals surface area contributed by atoms with Gasteiger partial charge in [-0.25, -0.2) is 4.39 Å². The van der Waals surface area contributed by atoms with E-state index < -0.39 is 6.04 Å². The molecule has 0 bridgehead atoms. The second-order valence-corrected chi connectivity index (χ2v) is 7.42. The van der Waals surface area contributed by atoms with Gasteiger partial charge in [0.2, 0.25) is 5.91 Å². The minimum atomic E-state index is -0.401. The summed E-state index contributed by atoms with van der Waals surface area (Å²) < 4.78 is 15.2. The summed E-state index contributed by atoms with van der Waals surface area (Å²) in [6.45, 7) is 1.57. The van der Waals surface area contributed by atoms with Crippen LogP contribution in [0.25, 0.3) is 0 Å². The molecule has 150 valence electrons. The summed E-state index contributed by atoms with van der Waals surface area (Å²) in [5, 5.41) is 11.2. The molecule has 1 unspecified atom stereocenters. The third kappa shape index (κ3) is 4.35. The van der Waals surface area contributed by atoms with Crippen LogP contribution in [0.15, 0.2) is 60.9 Å². The van der Waals surface area contributed by atoms with E-state index in [4.69, 9.17) is 0 Å². The molecule has 1 fully saturated rings. The van der Waals surface area contributed by atoms with Crippen LogP contribution in [-0.2, 0) is 11.8 Å². The van der Waals surface area contributed by atoms with Crippen LogP contribution in [0, 0.1) is 5.82 Å². The fourth-order valence-electron chi connectivity index (χ4n) is 3.98. The number of aryl methyl sites for hydroxylation is 1. The Morgan fingerprint density at radius 2 is 1.79 bits per heavy atom. The Morgan fingerprint density at radius 3 is 2.41 bits per heavy atom. The molecule has 2 aromatic carbocycles. The number of hydrogen-bond donors (Lipinski definition) is 1. The van der Waals surface area contributed by atoms with Crippen LogP contribution in [0.1, 0.15) is 36.2 Å². The van der Waals surface area contributed by atoms with Gasteiger partial charge in [-0.3, -0.25) is 9.69 Å². The molecule has 4 rings (SSSR count). The molecule has 1 aliphatic heterocycles. The van der Waals surface area contributed by atoms with Gasteiger partial charge in [-0.2, -0.15) is 0 Å². The average Bonchev–Trinajstić information content (AvgIpc) is 3.17. The maximum absolute atomic E-state index is 13.2. The number of carbonyl (C=O) groups is 1. The smallest absolute Gasteiger partial charge is 0.246 e. The Bertz CT molecular complexity index is 949. The van der Waals surface area contributed by atoms with Crippen molar-refractivity contribution in [3.63, 3.8) is 0 Å². The van der Waals surface area contributed by atoms with Gasteiger partial charge in [0.05, 0.1) is 0 Å². The van der Waals surface area contributed by atoms with E-state index in [-0.39, 0.29) is 11.7 Å². The number of benzene rings is 2. The van der Waals surface area contributed by atoms with Crippen molar-refractivity contribution in [1.29, 1.82) is 0 Å². The van der Waals surface area contributed by atoms with Crippen molar-refractivity contribution in [3.8, 4) is 0 Å². The first-order chi connectivity index (χ1) is 14.1. The zero-order valence-corrected chi connectivity index (χ0v) is 16.3. The molecule has 29 heavy (non-hydrogen) atoms. The molecule has 1 saturated heterocycles. The van der Waals surface area contributed by atoms with Crippen LogP contribution >= 0.6 is 0 Å². The number of rotatable bonds is 5. The fourth-order valence-corrected chi connectivity index (χ4v) is 3.98. The lowest BCUT2D eigenvalue weighted by Crippen LogP contribution is -2.42. The van der Waals surface area contributed by atoms with E-state index in [9.17, 15) is 9.18 Å². The third-order valence-electron chi connectivity index (χ3n) is 5.48. The molecule has 1 atom stereocenters. The molecule has 3 aromatic rings. The Balaban J connectivity index is 1.51. The fraction of sp³-hybridized carbons (Fsp3) is 0.318. The molecule has 1 aliphatic rings. The normalized spacial score (nSPS) is 16.5. The molecule has 0 radical (unpaired) electrons. The van der Waals surface area contributed by atoms with Crippen LogP contribution in [0.3, 0.4) is 0 Å². The summed E-state index contributed by atoms with van der Waals surface area (Å²) in [5.74, 6) is 0.903. The van der Waals surface area contributed by atoms with Crippen molar-refractivity contribution in [1.82, 2.24) is 19.7 Å². The van der Waals surface area contributed by atoms with Crippen LogP contribution in [0.5, 0.6) is 0 Å². The predicted octanol–water partition coefficient (Wildman–Crippen LogP) is 3.51. The lowest BCUT2D eigenvalue weighted by atomic mass is 9.93. The number of anilines is 1. The van der Waals surface area contributed by atoms with E-state index in [2.05, 4.69) is 20.4 Å². The van der Waals surface area contributed by atoms with E-state index in [1.165, 1.54) is 12.1 Å². The molecule has 0 aliphatic carbocycles. The second-order valence-electron chi connectivity index (χ2n) is 7.42. The highest BCUT2D eigenvalue weighted by Crippen LogP contribution is 2.32. The van der Waals surface area contributed by atoms with Gasteiger partial charge in [0.1, 0.15) is 24.0 Å². The molecule has 0 spiro atoms. The number of aromatic nitrogens is 3. The van der Waals surface area contributed by atoms with Gasteiger partial charge in [-0.1, -0.05) is 30.3 Å². The molecule has 1 amide bonds. The first kappa shape index (κ1) is 19.3. The molecular formula is C22H24FN5O. The molecular weight excluding hydrogens is 369 g/mol. The van der Waals surface area contributed by atoms with Crippen LogP contribution in [0.4, 0.5) is 10.1 Å². The van der Waals surface area contributed by atoms with Gasteiger partial charge in [-0.05, 0) is 55.8 Å². The van der Waals surface area contributed by atoms with Crippen molar-refractivity contribution in [2.75, 3.05) is 18.4 Å². The minimum Gasteiger partial charge on any atom is -0.324 e. The number of carbonyl (C=O) groups excluding carboxylic acids is 1. The van der Waals surface area contributed by atoms with Gasteiger partial charge < -0.3 is 9.88 Å². The predicted molar refractivity (Wildman–Crippen MR) is 109 cm³/mol. The van der Waals surface area contributed by atoms with Crippen LogP contribution in [0.2, 0.25) is 0 Å². The third-order valence-corrected chi connectivity index (χ3v) is 5.48. The highest BCUT2D eigenvalue weighted by atomic mass is 19.1. The van der Waals surface area contributed by atoms with Crippen molar-refractivity contribution >= 4 is 11.6 Å². The van der Waals surface area contributed by atoms with E-state index in [1.807, 2.05) is 41.9 Å². The van der Waals surface area contributed by atoms with E-state index in [0.29, 0.717) is 11.6 Å². The molecule has 1 aromatic heterocycles. The lowest BCUT2D eigenvalue weighted by molar-refractivity contribution is -0.122. The standard InChI is InChI=1S/C22H24FN5O/c1-27-15-24-26-21(27)17-11-13-28(14-12-17)20(16-5-3-2-4-6-16)22(29)25-19-9-7-18(23)8-10-19/h2-10,15,17,20H,11-14H2,1H3,(H,25,29). The first-order valence-corrected chi connectivity index (χ1v) is 9.81. The number of likely N-dealkylation sites (tertiary alicyclic amines) is 1. The molecule has 2 heterocycles. The van der Waals surface area contributed by atoms with Crippen molar-refractivity contribution in [2.24, 2.45) is 7.05 Å². The van der Waals surface area contributed by atoms with Crippen molar-refractivity contribution < 1.29 is 9.18 Å². The Hall–Kier alpha value is -3.06. The number of nitrogens with zero attached hydrogens (tertiary/aromatic N) is 4. The van der Waals surface area contributed by atoms with Gasteiger partial charge in [0.25, 0.3) is 0 Å². The summed E-state index contributed by atoms with van der Waals surface area (Å²) in [6, 6.07) is 15.2. The quantitative estimate of drug-likeness (QED) is 0.721. The maximum Gasteiger partial charge on any atom is 0.246 e. The number of nitrogens with one attached hydrogen (secondary N) is 1. The summed E-state index contributed by atoms with van der Waals surface area (Å²) in [7, 11) is 1.96. The lowest BCUT2D eigenvalue weighted by Gasteiger charge is -2.36. The van der Waals surface area contributed by atoms with Gasteiger partial charge >= 0.3 is 0 Å². The highest BCUT2D eigenvalue weighted by Gasteiger charge is 2.32. The Labute approximate surface area is 169 Å². The minimum absolute atomic E-state index is 0.111. The number of hydrogen-bond acceptors (Lipinski definition) is 4. The van der Waals surface area contributed by atoms with Crippen LogP contribution in [-0.4, -0.2) is 38.7 Å². The molecule has 6 nitrogen and oxygen atoms in total. The largest absolute Gasteiger partial charge is 0.324 e. The highest BCUT2D eigenvalue weighted by molar-refractivity contribution is 5.95. The number of piperidine rings is 1. The monoisotopic (exact) mass is 393 g/mol. The number of halogens is 1. The Morgan fingerprint density at radius 1 is 1.10 bits per heavy atom. The maximum atomic E-state index is 13.2. The van der Waals surface area contributed by atoms with Gasteiger partial charge in [0, 0.05) is 18.7 Å². The summed E-state index contributed by atoms with van der Waals surface area (Å²) >= 11 is 0. The van der Waals surface area contributed by atoms with Crippen LogP contribution < -0.4 is 5.32 Å². The molecule has 0 saturated carbocycles. The number of amides is 1. The van der Waals surface area contributed by atoms with Gasteiger partial charge in [0.15, 0.2) is 0 Å². The first-order valence-electron chi connectivity index (χ1n) is 9.81.